The molecular formula is C16H13N3O. The molecule has 3 aromatic rings. The molecule has 1 aliphatic heterocycles. The standard InChI is InChI=1S/C16H13N3O/c1-20-11-6-7-12-14(10-11)18-13-4-2-3-5-15(13)19-9-8-17-16(12)19/h2-10,18H,1H3. The van der Waals surface area contributed by atoms with Gasteiger partial charge < -0.3 is 10.1 Å². The second-order valence-corrected chi connectivity index (χ2v) is 4.67. The molecular weight excluding hydrogens is 250 g/mol. The van der Waals surface area contributed by atoms with Gasteiger partial charge in [-0.2, -0.15) is 0 Å². The molecule has 98 valence electrons. The molecule has 0 saturated heterocycles. The summed E-state index contributed by atoms with van der Waals surface area (Å²) in [5, 5.41) is 3.47. The first-order chi connectivity index (χ1) is 9.86. The molecule has 4 rings (SSSR count). The third-order valence-corrected chi connectivity index (χ3v) is 3.54. The van der Waals surface area contributed by atoms with Crippen LogP contribution in [-0.4, -0.2) is 16.7 Å². The number of rotatable bonds is 1. The van der Waals surface area contributed by atoms with E-state index < -0.39 is 0 Å². The van der Waals surface area contributed by atoms with E-state index in [1.165, 1.54) is 0 Å². The number of nitrogens with one attached hydrogen (secondary N) is 1. The quantitative estimate of drug-likeness (QED) is 0.570. The first-order valence-electron chi connectivity index (χ1n) is 6.45. The normalized spacial score (nSPS) is 11.7. The van der Waals surface area contributed by atoms with E-state index >= 15 is 0 Å². The van der Waals surface area contributed by atoms with Crippen LogP contribution in [0.25, 0.3) is 17.1 Å². The van der Waals surface area contributed by atoms with Gasteiger partial charge in [0.2, 0.25) is 0 Å². The Kier molecular flexibility index (Phi) is 2.29. The molecule has 0 radical (unpaired) electrons. The average molecular weight is 263 g/mol. The number of aromatic nitrogens is 2. The molecule has 4 heteroatoms. The number of imidazole rings is 1. The Morgan fingerprint density at radius 2 is 2.00 bits per heavy atom. The van der Waals surface area contributed by atoms with Crippen LogP contribution in [0, 0.1) is 0 Å². The highest BCUT2D eigenvalue weighted by Crippen LogP contribution is 2.38. The van der Waals surface area contributed by atoms with Crippen LogP contribution in [0.4, 0.5) is 11.4 Å². The first kappa shape index (κ1) is 11.1. The van der Waals surface area contributed by atoms with Gasteiger partial charge in [-0.3, -0.25) is 4.57 Å². The highest BCUT2D eigenvalue weighted by atomic mass is 16.5. The Bertz CT molecular complexity index is 792. The molecule has 0 fully saturated rings. The summed E-state index contributed by atoms with van der Waals surface area (Å²) in [7, 11) is 1.67. The second-order valence-electron chi connectivity index (χ2n) is 4.67. The lowest BCUT2D eigenvalue weighted by atomic mass is 10.1. The van der Waals surface area contributed by atoms with Gasteiger partial charge in [-0.25, -0.2) is 4.98 Å². The van der Waals surface area contributed by atoms with Gasteiger partial charge in [0.05, 0.1) is 24.2 Å². The maximum absolute atomic E-state index is 5.31. The van der Waals surface area contributed by atoms with Crippen molar-refractivity contribution in [1.82, 2.24) is 9.55 Å². The summed E-state index contributed by atoms with van der Waals surface area (Å²) in [4.78, 5) is 4.49. The molecule has 0 unspecified atom stereocenters. The molecule has 2 aromatic carbocycles. The topological polar surface area (TPSA) is 39.1 Å². The summed E-state index contributed by atoms with van der Waals surface area (Å²) in [6, 6.07) is 14.2. The third kappa shape index (κ3) is 1.51. The maximum Gasteiger partial charge on any atom is 0.146 e. The van der Waals surface area contributed by atoms with E-state index in [9.17, 15) is 0 Å². The highest BCUT2D eigenvalue weighted by molar-refractivity contribution is 5.85. The lowest BCUT2D eigenvalue weighted by Crippen LogP contribution is -1.95. The fourth-order valence-corrected chi connectivity index (χ4v) is 2.58. The second kappa shape index (κ2) is 4.13. The van der Waals surface area contributed by atoms with Crippen molar-refractivity contribution in [2.75, 3.05) is 12.4 Å². The Morgan fingerprint density at radius 3 is 2.90 bits per heavy atom. The summed E-state index contributed by atoms with van der Waals surface area (Å²) >= 11 is 0. The van der Waals surface area contributed by atoms with Crippen molar-refractivity contribution in [2.24, 2.45) is 0 Å². The number of anilines is 2. The number of hydrogen-bond donors (Lipinski definition) is 1. The zero-order valence-electron chi connectivity index (χ0n) is 11.0. The number of fused-ring (bicyclic) bond motifs is 5. The summed E-state index contributed by atoms with van der Waals surface area (Å²) in [6.07, 6.45) is 3.81. The number of para-hydroxylation sites is 2. The fourth-order valence-electron chi connectivity index (χ4n) is 2.58. The van der Waals surface area contributed by atoms with Crippen LogP contribution in [0.2, 0.25) is 0 Å². The maximum atomic E-state index is 5.31. The van der Waals surface area contributed by atoms with E-state index in [2.05, 4.69) is 27.0 Å². The molecule has 2 heterocycles. The van der Waals surface area contributed by atoms with Crippen molar-refractivity contribution < 1.29 is 4.74 Å². The predicted octanol–water partition coefficient (Wildman–Crippen LogP) is 3.60. The van der Waals surface area contributed by atoms with E-state index in [-0.39, 0.29) is 0 Å². The van der Waals surface area contributed by atoms with Crippen LogP contribution in [-0.2, 0) is 0 Å². The van der Waals surface area contributed by atoms with E-state index in [0.717, 1.165) is 34.2 Å². The number of hydrogen-bond acceptors (Lipinski definition) is 3. The highest BCUT2D eigenvalue weighted by Gasteiger charge is 2.19. The van der Waals surface area contributed by atoms with Crippen LogP contribution in [0.5, 0.6) is 5.75 Å². The monoisotopic (exact) mass is 263 g/mol. The molecule has 0 saturated carbocycles. The predicted molar refractivity (Wildman–Crippen MR) is 78.8 cm³/mol. The summed E-state index contributed by atoms with van der Waals surface area (Å²) in [5.74, 6) is 1.76. The zero-order valence-corrected chi connectivity index (χ0v) is 11.0. The Morgan fingerprint density at radius 1 is 1.10 bits per heavy atom. The Labute approximate surface area is 116 Å². The molecule has 1 N–H and O–H groups in total. The van der Waals surface area contributed by atoms with Crippen LogP contribution in [0.15, 0.2) is 54.9 Å². The summed E-state index contributed by atoms with van der Waals surface area (Å²) < 4.78 is 7.41. The first-order valence-corrected chi connectivity index (χ1v) is 6.45. The minimum Gasteiger partial charge on any atom is -0.497 e. The van der Waals surface area contributed by atoms with Gasteiger partial charge >= 0.3 is 0 Å². The molecule has 0 amide bonds. The Balaban J connectivity index is 2.04. The largest absolute Gasteiger partial charge is 0.497 e. The molecule has 1 aliphatic rings. The van der Waals surface area contributed by atoms with Crippen LogP contribution < -0.4 is 10.1 Å². The van der Waals surface area contributed by atoms with Gasteiger partial charge in [0.25, 0.3) is 0 Å². The van der Waals surface area contributed by atoms with Gasteiger partial charge in [0.15, 0.2) is 0 Å². The number of benzene rings is 2. The smallest absolute Gasteiger partial charge is 0.146 e. The molecule has 0 bridgehead atoms. The molecule has 1 aromatic heterocycles. The number of ether oxygens (including phenoxy) is 1. The van der Waals surface area contributed by atoms with Crippen molar-refractivity contribution in [1.29, 1.82) is 0 Å². The van der Waals surface area contributed by atoms with Crippen LogP contribution in [0.3, 0.4) is 0 Å². The Hall–Kier alpha value is -2.75. The van der Waals surface area contributed by atoms with E-state index in [1.807, 2.05) is 42.7 Å². The van der Waals surface area contributed by atoms with Gasteiger partial charge in [-0.1, -0.05) is 12.1 Å². The molecule has 20 heavy (non-hydrogen) atoms. The SMILES string of the molecule is COc1ccc2c(c1)Nc1ccccc1-n1ccnc1-2. The third-order valence-electron chi connectivity index (χ3n) is 3.54. The van der Waals surface area contributed by atoms with Crippen molar-refractivity contribution in [3.63, 3.8) is 0 Å². The van der Waals surface area contributed by atoms with Gasteiger partial charge in [0, 0.05) is 24.0 Å². The lowest BCUT2D eigenvalue weighted by Gasteiger charge is -2.10. The number of nitrogens with zero attached hydrogens (tertiary/aromatic N) is 2. The minimum absolute atomic E-state index is 0.828. The van der Waals surface area contributed by atoms with E-state index in [1.54, 1.807) is 7.11 Å². The molecule has 4 nitrogen and oxygen atoms in total. The molecule has 0 aliphatic carbocycles. The zero-order chi connectivity index (χ0) is 13.5. The van der Waals surface area contributed by atoms with Gasteiger partial charge in [-0.15, -0.1) is 0 Å². The van der Waals surface area contributed by atoms with Crippen molar-refractivity contribution >= 4 is 11.4 Å². The van der Waals surface area contributed by atoms with Crippen molar-refractivity contribution in [2.45, 2.75) is 0 Å². The van der Waals surface area contributed by atoms with E-state index in [0.29, 0.717) is 0 Å². The summed E-state index contributed by atoms with van der Waals surface area (Å²) in [6.45, 7) is 0. The van der Waals surface area contributed by atoms with Crippen LogP contribution in [0.1, 0.15) is 0 Å². The minimum atomic E-state index is 0.828. The average Bonchev–Trinajstić information content (AvgIpc) is 2.92. The van der Waals surface area contributed by atoms with E-state index in [4.69, 9.17) is 4.74 Å². The van der Waals surface area contributed by atoms with Crippen LogP contribution >= 0.6 is 0 Å². The van der Waals surface area contributed by atoms with Gasteiger partial charge in [-0.05, 0) is 24.3 Å². The van der Waals surface area contributed by atoms with Crippen molar-refractivity contribution in [3.05, 3.63) is 54.9 Å². The summed E-state index contributed by atoms with van der Waals surface area (Å²) in [5.41, 5.74) is 4.21. The fraction of sp³-hybridized carbons (Fsp3) is 0.0625. The lowest BCUT2D eigenvalue weighted by molar-refractivity contribution is 0.415. The van der Waals surface area contributed by atoms with Crippen molar-refractivity contribution in [3.8, 4) is 22.8 Å². The molecule has 0 spiro atoms. The molecule has 0 atom stereocenters. The van der Waals surface area contributed by atoms with Gasteiger partial charge in [0.1, 0.15) is 11.6 Å². The number of methoxy groups -OCH3 is 1.